The van der Waals surface area contributed by atoms with Crippen LogP contribution < -0.4 is 9.47 Å². The lowest BCUT2D eigenvalue weighted by molar-refractivity contribution is 0.300. The second-order valence-corrected chi connectivity index (χ2v) is 4.62. The molecule has 2 heteroatoms. The van der Waals surface area contributed by atoms with Gasteiger partial charge in [0.15, 0.2) is 0 Å². The zero-order chi connectivity index (χ0) is 14.3. The van der Waals surface area contributed by atoms with E-state index in [1.54, 1.807) is 0 Å². The Hall–Kier alpha value is -2.74. The quantitative estimate of drug-likeness (QED) is 0.648. The van der Waals surface area contributed by atoms with Crippen LogP contribution in [0, 0.1) is 0 Å². The Kier molecular flexibility index (Phi) is 4.18. The number of hydrogen-bond donors (Lipinski definition) is 0. The first-order chi connectivity index (χ1) is 10.4. The Labute approximate surface area is 124 Å². The summed E-state index contributed by atoms with van der Waals surface area (Å²) in [5.41, 5.74) is 1.02. The topological polar surface area (TPSA) is 18.5 Å². The molecule has 0 bridgehead atoms. The van der Waals surface area contributed by atoms with Crippen LogP contribution in [0.15, 0.2) is 84.9 Å². The van der Waals surface area contributed by atoms with Gasteiger partial charge in [-0.3, -0.25) is 0 Å². The van der Waals surface area contributed by atoms with Gasteiger partial charge in [-0.05, 0) is 30.3 Å². The molecule has 0 N–H and O–H groups in total. The number of ether oxygens (including phenoxy) is 2. The van der Waals surface area contributed by atoms with Crippen LogP contribution in [0.1, 0.15) is 5.56 Å². The fourth-order valence-corrected chi connectivity index (χ4v) is 2.02. The molecule has 3 aromatic carbocycles. The lowest BCUT2D eigenvalue weighted by Crippen LogP contribution is -1.98. The monoisotopic (exact) mass is 276 g/mol. The second kappa shape index (κ2) is 6.62. The van der Waals surface area contributed by atoms with Gasteiger partial charge in [0.25, 0.3) is 0 Å². The van der Waals surface area contributed by atoms with E-state index in [0.717, 1.165) is 22.8 Å². The zero-order valence-corrected chi connectivity index (χ0v) is 11.6. The maximum Gasteiger partial charge on any atom is 0.134 e. The molecule has 0 aromatic heterocycles. The number of hydrogen-bond acceptors (Lipinski definition) is 2. The van der Waals surface area contributed by atoms with Crippen molar-refractivity contribution in [3.05, 3.63) is 90.5 Å². The Morgan fingerprint density at radius 2 is 1.14 bits per heavy atom. The third kappa shape index (κ3) is 3.63. The van der Waals surface area contributed by atoms with Crippen LogP contribution in [-0.2, 0) is 6.61 Å². The molecule has 21 heavy (non-hydrogen) atoms. The van der Waals surface area contributed by atoms with Crippen molar-refractivity contribution in [2.24, 2.45) is 0 Å². The summed E-state index contributed by atoms with van der Waals surface area (Å²) in [4.78, 5) is 0. The van der Waals surface area contributed by atoms with Gasteiger partial charge in [-0.2, -0.15) is 0 Å². The summed E-state index contributed by atoms with van der Waals surface area (Å²) in [5, 5.41) is 0. The van der Waals surface area contributed by atoms with E-state index in [4.69, 9.17) is 9.47 Å². The fraction of sp³-hybridized carbons (Fsp3) is 0.0526. The van der Waals surface area contributed by atoms with Gasteiger partial charge in [0.2, 0.25) is 0 Å². The van der Waals surface area contributed by atoms with Crippen molar-refractivity contribution in [1.29, 1.82) is 0 Å². The minimum atomic E-state index is 0.479. The lowest BCUT2D eigenvalue weighted by Gasteiger charge is -2.12. The predicted octanol–water partition coefficient (Wildman–Crippen LogP) is 5.06. The van der Waals surface area contributed by atoms with Crippen LogP contribution in [0.5, 0.6) is 17.2 Å². The van der Waals surface area contributed by atoms with Crippen molar-refractivity contribution >= 4 is 0 Å². The minimum absolute atomic E-state index is 0.479. The number of para-hydroxylation sites is 3. The van der Waals surface area contributed by atoms with Gasteiger partial charge in [-0.25, -0.2) is 0 Å². The molecule has 0 aliphatic carbocycles. The summed E-state index contributed by atoms with van der Waals surface area (Å²) in [5.74, 6) is 2.50. The lowest BCUT2D eigenvalue weighted by atomic mass is 10.2. The molecule has 0 heterocycles. The number of rotatable bonds is 5. The highest BCUT2D eigenvalue weighted by Gasteiger charge is 2.05. The van der Waals surface area contributed by atoms with E-state index >= 15 is 0 Å². The van der Waals surface area contributed by atoms with E-state index in [0.29, 0.717) is 6.61 Å². The van der Waals surface area contributed by atoms with Crippen LogP contribution in [0.4, 0.5) is 0 Å². The Bertz CT molecular complexity index is 678. The van der Waals surface area contributed by atoms with Gasteiger partial charge >= 0.3 is 0 Å². The molecule has 0 saturated carbocycles. The molecule has 0 saturated heterocycles. The number of benzene rings is 3. The highest BCUT2D eigenvalue weighted by molar-refractivity contribution is 5.37. The molecule has 0 spiro atoms. The van der Waals surface area contributed by atoms with Gasteiger partial charge in [0.05, 0.1) is 0 Å². The third-order valence-corrected chi connectivity index (χ3v) is 3.08. The zero-order valence-electron chi connectivity index (χ0n) is 11.6. The van der Waals surface area contributed by atoms with Crippen molar-refractivity contribution in [3.8, 4) is 17.2 Å². The molecule has 0 aliphatic rings. The second-order valence-electron chi connectivity index (χ2n) is 4.62. The minimum Gasteiger partial charge on any atom is -0.489 e. The summed E-state index contributed by atoms with van der Waals surface area (Å²) >= 11 is 0. The SMILES string of the molecule is c1ccc(OCc2ccccc2Oc2ccccc2)cc1. The fourth-order valence-electron chi connectivity index (χ4n) is 2.02. The Morgan fingerprint density at radius 3 is 1.86 bits per heavy atom. The van der Waals surface area contributed by atoms with Crippen molar-refractivity contribution in [1.82, 2.24) is 0 Å². The molecule has 0 amide bonds. The molecule has 0 aliphatic heterocycles. The average molecular weight is 276 g/mol. The van der Waals surface area contributed by atoms with Gasteiger partial charge in [0.1, 0.15) is 23.9 Å². The summed E-state index contributed by atoms with van der Waals surface area (Å²) < 4.78 is 11.7. The van der Waals surface area contributed by atoms with Crippen LogP contribution in [0.25, 0.3) is 0 Å². The maximum atomic E-state index is 5.92. The summed E-state index contributed by atoms with van der Waals surface area (Å²) in [6.45, 7) is 0.479. The molecule has 2 nitrogen and oxygen atoms in total. The first-order valence-electron chi connectivity index (χ1n) is 6.90. The molecule has 0 radical (unpaired) electrons. The Balaban J connectivity index is 1.73. The summed E-state index contributed by atoms with van der Waals surface area (Å²) in [6, 6.07) is 27.5. The van der Waals surface area contributed by atoms with Gasteiger partial charge < -0.3 is 9.47 Å². The smallest absolute Gasteiger partial charge is 0.134 e. The Morgan fingerprint density at radius 1 is 0.571 bits per heavy atom. The maximum absolute atomic E-state index is 5.92. The standard InChI is InChI=1S/C19H16O2/c1-3-10-17(11-4-1)20-15-16-9-7-8-14-19(16)21-18-12-5-2-6-13-18/h1-14H,15H2. The highest BCUT2D eigenvalue weighted by Crippen LogP contribution is 2.26. The first kappa shape index (κ1) is 13.3. The van der Waals surface area contributed by atoms with Crippen molar-refractivity contribution in [2.45, 2.75) is 6.61 Å². The third-order valence-electron chi connectivity index (χ3n) is 3.08. The molecular weight excluding hydrogens is 260 g/mol. The van der Waals surface area contributed by atoms with Crippen LogP contribution in [-0.4, -0.2) is 0 Å². The van der Waals surface area contributed by atoms with Crippen molar-refractivity contribution in [2.75, 3.05) is 0 Å². The molecule has 0 fully saturated rings. The van der Waals surface area contributed by atoms with Crippen molar-refractivity contribution in [3.63, 3.8) is 0 Å². The van der Waals surface area contributed by atoms with E-state index in [1.807, 2.05) is 84.9 Å². The molecule has 104 valence electrons. The van der Waals surface area contributed by atoms with E-state index in [2.05, 4.69) is 0 Å². The van der Waals surface area contributed by atoms with E-state index in [9.17, 15) is 0 Å². The summed E-state index contributed by atoms with van der Waals surface area (Å²) in [6.07, 6.45) is 0. The average Bonchev–Trinajstić information content (AvgIpc) is 2.56. The highest BCUT2D eigenvalue weighted by atomic mass is 16.5. The van der Waals surface area contributed by atoms with E-state index in [-0.39, 0.29) is 0 Å². The summed E-state index contributed by atoms with van der Waals surface area (Å²) in [7, 11) is 0. The van der Waals surface area contributed by atoms with E-state index < -0.39 is 0 Å². The van der Waals surface area contributed by atoms with Crippen LogP contribution in [0.3, 0.4) is 0 Å². The molecule has 0 unspecified atom stereocenters. The van der Waals surface area contributed by atoms with Gasteiger partial charge in [-0.15, -0.1) is 0 Å². The van der Waals surface area contributed by atoms with Crippen molar-refractivity contribution < 1.29 is 9.47 Å². The van der Waals surface area contributed by atoms with E-state index in [1.165, 1.54) is 0 Å². The molecule has 3 aromatic rings. The first-order valence-corrected chi connectivity index (χ1v) is 6.90. The van der Waals surface area contributed by atoms with Gasteiger partial charge in [-0.1, -0.05) is 54.6 Å². The van der Waals surface area contributed by atoms with Gasteiger partial charge in [0, 0.05) is 5.56 Å². The normalized spacial score (nSPS) is 10.1. The van der Waals surface area contributed by atoms with Crippen LogP contribution in [0.2, 0.25) is 0 Å². The molecular formula is C19H16O2. The molecule has 0 atom stereocenters. The molecule has 3 rings (SSSR count). The predicted molar refractivity (Wildman–Crippen MR) is 83.7 cm³/mol. The van der Waals surface area contributed by atoms with Crippen LogP contribution >= 0.6 is 0 Å². The largest absolute Gasteiger partial charge is 0.489 e.